The largest absolute Gasteiger partial charge is 0.462 e. The summed E-state index contributed by atoms with van der Waals surface area (Å²) in [6.45, 7) is 3.61. The molecule has 3 aromatic rings. The van der Waals surface area contributed by atoms with Gasteiger partial charge in [-0.3, -0.25) is 0 Å². The lowest BCUT2D eigenvalue weighted by Crippen LogP contribution is -2.34. The van der Waals surface area contributed by atoms with Gasteiger partial charge in [-0.25, -0.2) is 4.79 Å². The highest BCUT2D eigenvalue weighted by Gasteiger charge is 2.20. The van der Waals surface area contributed by atoms with Gasteiger partial charge in [0.05, 0.1) is 12.2 Å². The molecule has 214 valence electrons. The molecule has 0 N–H and O–H groups in total. The highest BCUT2D eigenvalue weighted by molar-refractivity contribution is 8.00. The van der Waals surface area contributed by atoms with Gasteiger partial charge in [0.25, 0.3) is 4.34 Å². The van der Waals surface area contributed by atoms with E-state index in [9.17, 15) is 4.79 Å². The second-order valence-electron chi connectivity index (χ2n) is 10.8. The number of hydrogen-bond acceptors (Lipinski definition) is 4. The Morgan fingerprint density at radius 3 is 1.85 bits per heavy atom. The maximum absolute atomic E-state index is 12.5. The molecule has 0 atom stereocenters. The van der Waals surface area contributed by atoms with Crippen molar-refractivity contribution in [3.8, 4) is 0 Å². The number of hydrogen-bond donors (Lipinski definition) is 0. The van der Waals surface area contributed by atoms with E-state index in [1.165, 1.54) is 110 Å². The summed E-state index contributed by atoms with van der Waals surface area (Å²) < 4.78 is 10.5. The van der Waals surface area contributed by atoms with E-state index in [0.29, 0.717) is 12.2 Å². The van der Waals surface area contributed by atoms with Gasteiger partial charge in [-0.15, -0.1) is 0 Å². The number of ether oxygens (including phenoxy) is 1. The molecular weight excluding hydrogens is 519 g/mol. The van der Waals surface area contributed by atoms with Crippen molar-refractivity contribution in [3.63, 3.8) is 0 Å². The van der Waals surface area contributed by atoms with Crippen molar-refractivity contribution >= 4 is 39.3 Å². The van der Waals surface area contributed by atoms with Crippen LogP contribution in [0.4, 0.5) is 0 Å². The van der Waals surface area contributed by atoms with Crippen LogP contribution >= 0.6 is 23.1 Å². The van der Waals surface area contributed by atoms with Crippen molar-refractivity contribution in [2.24, 2.45) is 0 Å². The zero-order valence-electron chi connectivity index (χ0n) is 24.4. The first-order valence-corrected chi connectivity index (χ1v) is 17.5. The fourth-order valence-corrected chi connectivity index (χ4v) is 7.02. The number of nitrogens with zero attached hydrogens (tertiary/aromatic N) is 1. The molecule has 39 heavy (non-hydrogen) atoms. The molecule has 0 aliphatic rings. The number of unbranched alkanes of at least 4 members (excludes halogenated alkanes) is 15. The lowest BCUT2D eigenvalue weighted by Gasteiger charge is -2.06. The number of rotatable bonds is 21. The molecule has 5 heteroatoms. The van der Waals surface area contributed by atoms with Gasteiger partial charge >= 0.3 is 5.97 Å². The zero-order valence-corrected chi connectivity index (χ0v) is 26.1. The molecule has 0 fully saturated rings. The van der Waals surface area contributed by atoms with Gasteiger partial charge in [-0.05, 0) is 42.6 Å². The van der Waals surface area contributed by atoms with Gasteiger partial charge in [0.1, 0.15) is 4.70 Å². The Bertz CT molecular complexity index is 1080. The van der Waals surface area contributed by atoms with Gasteiger partial charge in [0.15, 0.2) is 6.54 Å². The van der Waals surface area contributed by atoms with E-state index in [4.69, 9.17) is 4.74 Å². The summed E-state index contributed by atoms with van der Waals surface area (Å²) in [5.41, 5.74) is 3.09. The Kier molecular flexibility index (Phi) is 15.6. The van der Waals surface area contributed by atoms with Crippen molar-refractivity contribution in [1.82, 2.24) is 0 Å². The van der Waals surface area contributed by atoms with Crippen LogP contribution in [0.2, 0.25) is 0 Å². The SMILES string of the molecule is CCCCCCCCCCCCCCCCCCOC(=O)c1ccc(C[n+]2c(SC)sc3ccccc32)cc1. The first-order valence-electron chi connectivity index (χ1n) is 15.4. The summed E-state index contributed by atoms with van der Waals surface area (Å²) in [5, 5.41) is 0. The molecule has 3 nitrogen and oxygen atoms in total. The van der Waals surface area contributed by atoms with E-state index >= 15 is 0 Å². The molecule has 1 heterocycles. The summed E-state index contributed by atoms with van der Waals surface area (Å²) >= 11 is 3.61. The van der Waals surface area contributed by atoms with Crippen molar-refractivity contribution in [3.05, 3.63) is 59.7 Å². The lowest BCUT2D eigenvalue weighted by atomic mass is 10.0. The van der Waals surface area contributed by atoms with Crippen LogP contribution in [0.25, 0.3) is 10.2 Å². The van der Waals surface area contributed by atoms with E-state index in [0.717, 1.165) is 19.4 Å². The van der Waals surface area contributed by atoms with Crippen LogP contribution in [0.5, 0.6) is 0 Å². The van der Waals surface area contributed by atoms with Crippen LogP contribution < -0.4 is 4.57 Å². The molecule has 0 bridgehead atoms. The Labute approximate surface area is 245 Å². The molecule has 0 aliphatic carbocycles. The van der Waals surface area contributed by atoms with Gasteiger partial charge in [0, 0.05) is 11.6 Å². The number of fused-ring (bicyclic) bond motifs is 1. The molecule has 0 saturated carbocycles. The normalized spacial score (nSPS) is 11.3. The van der Waals surface area contributed by atoms with Gasteiger partial charge in [-0.1, -0.05) is 139 Å². The second kappa shape index (κ2) is 19.3. The smallest absolute Gasteiger partial charge is 0.338 e. The first-order chi connectivity index (χ1) is 19.2. The third kappa shape index (κ3) is 11.7. The Balaban J connectivity index is 1.21. The standard InChI is InChI=1S/C34H50NO2S2/c1-3-4-5-6-7-8-9-10-11-12-13-14-15-16-17-20-27-37-33(36)30-25-23-29(24-26-30)28-35-31-21-18-19-22-32(31)39-34(35)38-2/h18-19,21-26H,3-17,20,27-28H2,1-2H3/q+1. The highest BCUT2D eigenvalue weighted by Crippen LogP contribution is 2.26. The van der Waals surface area contributed by atoms with Crippen molar-refractivity contribution in [2.75, 3.05) is 12.9 Å². The Morgan fingerprint density at radius 2 is 1.28 bits per heavy atom. The van der Waals surface area contributed by atoms with Crippen molar-refractivity contribution in [2.45, 2.75) is 121 Å². The van der Waals surface area contributed by atoms with Crippen molar-refractivity contribution in [1.29, 1.82) is 0 Å². The van der Waals surface area contributed by atoms with Crippen molar-refractivity contribution < 1.29 is 14.1 Å². The summed E-state index contributed by atoms with van der Waals surface area (Å²) in [5.74, 6) is -0.207. The van der Waals surface area contributed by atoms with Crippen LogP contribution in [0.15, 0.2) is 52.9 Å². The van der Waals surface area contributed by atoms with E-state index < -0.39 is 0 Å². The third-order valence-corrected chi connectivity index (χ3v) is 9.79. The van der Waals surface area contributed by atoms with Crippen LogP contribution in [0, 0.1) is 0 Å². The number of thiazole rings is 1. The topological polar surface area (TPSA) is 30.2 Å². The molecule has 3 rings (SSSR count). The quantitative estimate of drug-likeness (QED) is 0.0554. The first kappa shape index (κ1) is 31.7. The van der Waals surface area contributed by atoms with Gasteiger partial charge in [0.2, 0.25) is 5.52 Å². The fraction of sp³-hybridized carbons (Fsp3) is 0.588. The number of aromatic nitrogens is 1. The maximum atomic E-state index is 12.5. The van der Waals surface area contributed by atoms with E-state index in [1.54, 1.807) is 11.8 Å². The molecule has 0 unspecified atom stereocenters. The number of carbonyl (C=O) groups excluding carboxylic acids is 1. The molecule has 0 amide bonds. The summed E-state index contributed by atoms with van der Waals surface area (Å²) in [6, 6.07) is 16.4. The predicted octanol–water partition coefficient (Wildman–Crippen LogP) is 10.4. The number of para-hydroxylation sites is 1. The monoisotopic (exact) mass is 568 g/mol. The van der Waals surface area contributed by atoms with Crippen LogP contribution in [-0.4, -0.2) is 18.8 Å². The number of carbonyl (C=O) groups is 1. The minimum Gasteiger partial charge on any atom is -0.462 e. The average molecular weight is 569 g/mol. The lowest BCUT2D eigenvalue weighted by molar-refractivity contribution is -0.693. The Hall–Kier alpha value is -1.85. The maximum Gasteiger partial charge on any atom is 0.338 e. The molecule has 0 radical (unpaired) electrons. The second-order valence-corrected chi connectivity index (χ2v) is 12.8. The highest BCUT2D eigenvalue weighted by atomic mass is 32.2. The number of benzene rings is 2. The predicted molar refractivity (Wildman–Crippen MR) is 169 cm³/mol. The van der Waals surface area contributed by atoms with E-state index in [-0.39, 0.29) is 5.97 Å². The van der Waals surface area contributed by atoms with Gasteiger partial charge < -0.3 is 4.74 Å². The molecule has 0 aliphatic heterocycles. The van der Waals surface area contributed by atoms with E-state index in [1.807, 2.05) is 23.5 Å². The molecule has 0 saturated heterocycles. The average Bonchev–Trinajstić information content (AvgIpc) is 3.32. The summed E-state index contributed by atoms with van der Waals surface area (Å²) in [6.07, 6.45) is 23.7. The number of esters is 1. The minimum absolute atomic E-state index is 0.207. The third-order valence-electron chi connectivity index (χ3n) is 7.51. The molecule has 1 aromatic heterocycles. The zero-order chi connectivity index (χ0) is 27.5. The summed E-state index contributed by atoms with van der Waals surface area (Å²) in [7, 11) is 0. The van der Waals surface area contributed by atoms with Crippen LogP contribution in [0.3, 0.4) is 0 Å². The van der Waals surface area contributed by atoms with Crippen LogP contribution in [-0.2, 0) is 11.3 Å². The van der Waals surface area contributed by atoms with Crippen LogP contribution in [0.1, 0.15) is 126 Å². The molecule has 0 spiro atoms. The van der Waals surface area contributed by atoms with E-state index in [2.05, 4.69) is 54.1 Å². The van der Waals surface area contributed by atoms with Gasteiger partial charge in [-0.2, -0.15) is 4.57 Å². The molecular formula is C34H50NO2S2+. The number of thioether (sulfide) groups is 1. The fourth-order valence-electron chi connectivity index (χ4n) is 5.14. The minimum atomic E-state index is -0.207. The summed E-state index contributed by atoms with van der Waals surface area (Å²) in [4.78, 5) is 12.5. The Morgan fingerprint density at radius 1 is 0.744 bits per heavy atom. The molecule has 2 aromatic carbocycles.